The maximum absolute atomic E-state index is 9.82. The molecule has 0 fully saturated rings. The zero-order chi connectivity index (χ0) is 131. The van der Waals surface area contributed by atoms with Gasteiger partial charge in [0.15, 0.2) is 0 Å². The largest absolute Gasteiger partial charge is 0.456 e. The summed E-state index contributed by atoms with van der Waals surface area (Å²) >= 11 is 0. The van der Waals surface area contributed by atoms with Gasteiger partial charge in [-0.15, -0.1) is 0 Å². The zero-order valence-electron chi connectivity index (χ0n) is 119. The molecule has 24 aromatic carbocycles. The monoisotopic (exact) mass is 1690 g/mol. The second kappa shape index (κ2) is 31.1. The second-order valence-corrected chi connectivity index (χ2v) is 29.7. The van der Waals surface area contributed by atoms with Gasteiger partial charge in [0.2, 0.25) is 0 Å². The minimum absolute atomic E-state index is 0.0328. The van der Waals surface area contributed by atoms with E-state index in [9.17, 15) is 27.4 Å². The normalized spacial score (nSPS) is 17.5. The molecule has 3 heterocycles. The van der Waals surface area contributed by atoms with Crippen LogP contribution in [-0.2, 0) is 0 Å². The first-order chi connectivity index (χ1) is 86.0. The number of rotatable bonds is 9. The number of fused-ring (bicyclic) bond motifs is 18. The molecule has 0 amide bonds. The molecule has 0 unspecified atom stereocenters. The van der Waals surface area contributed by atoms with Crippen molar-refractivity contribution in [3.63, 3.8) is 0 Å². The van der Waals surface area contributed by atoms with Gasteiger partial charge in [0.25, 0.3) is 0 Å². The molecule has 0 N–H and O–H groups in total. The van der Waals surface area contributed by atoms with Crippen LogP contribution in [0.15, 0.2) is 485 Å². The minimum atomic E-state index is -0.864. The van der Waals surface area contributed by atoms with E-state index in [1.54, 1.807) is 97.1 Å². The van der Waals surface area contributed by atoms with Crippen molar-refractivity contribution < 1.29 is 85.9 Å². The molecule has 3 nitrogen and oxygen atoms in total. The highest BCUT2D eigenvalue weighted by atomic mass is 16.3. The van der Waals surface area contributed by atoms with Gasteiger partial charge in [-0.05, 0) is 270 Å². The third-order valence-corrected chi connectivity index (χ3v) is 22.7. The number of hydrogen-bond donors (Lipinski definition) is 0. The minimum Gasteiger partial charge on any atom is -0.456 e. The van der Waals surface area contributed by atoms with Crippen molar-refractivity contribution in [1.29, 1.82) is 0 Å². The first-order valence-corrected chi connectivity index (χ1v) is 40.0. The lowest BCUT2D eigenvalue weighted by atomic mass is 9.84. The summed E-state index contributed by atoms with van der Waals surface area (Å²) in [5.74, 6) is 0. The Labute approximate surface area is 818 Å². The van der Waals surface area contributed by atoms with Crippen molar-refractivity contribution in [2.24, 2.45) is 0 Å². The van der Waals surface area contributed by atoms with Crippen molar-refractivity contribution in [3.8, 4) is 100 Å². The summed E-state index contributed by atoms with van der Waals surface area (Å²) in [4.78, 5) is 0. The summed E-state index contributed by atoms with van der Waals surface area (Å²) in [6.07, 6.45) is 0. The Bertz CT molecular complexity index is 12400. The Morgan fingerprint density at radius 1 is 0.147 bits per heavy atom. The van der Waals surface area contributed by atoms with Crippen LogP contribution >= 0.6 is 0 Å². The van der Waals surface area contributed by atoms with E-state index in [0.29, 0.717) is 66.2 Å². The smallest absolute Gasteiger partial charge is 0.136 e. The van der Waals surface area contributed by atoms with Crippen LogP contribution in [0, 0.1) is 0 Å². The van der Waals surface area contributed by atoms with E-state index in [0.717, 1.165) is 16.3 Å². The fourth-order valence-corrected chi connectivity index (χ4v) is 17.2. The van der Waals surface area contributed by atoms with Crippen molar-refractivity contribution >= 4 is 163 Å². The lowest BCUT2D eigenvalue weighted by Crippen LogP contribution is -1.92. The van der Waals surface area contributed by atoms with Crippen LogP contribution in [0.3, 0.4) is 0 Å². The van der Waals surface area contributed by atoms with Crippen LogP contribution in [0.5, 0.6) is 0 Å². The lowest BCUT2D eigenvalue weighted by Gasteiger charge is -2.19. The fraction of sp³-hybridized carbons (Fsp3) is 0. The molecule has 3 aromatic heterocycles. The predicted molar refractivity (Wildman–Crippen MR) is 548 cm³/mol. The molecule has 0 radical (unpaired) electrons. The number of benzene rings is 24. The second-order valence-electron chi connectivity index (χ2n) is 29.7. The summed E-state index contributed by atoms with van der Waals surface area (Å²) in [5.41, 5.74) is -0.146. The Balaban J connectivity index is 0.000000135. The van der Waals surface area contributed by atoms with Gasteiger partial charge in [-0.3, -0.25) is 0 Å². The molecule has 0 saturated carbocycles. The molecule has 0 spiro atoms. The average Bonchev–Trinajstić information content (AvgIpc) is 0.859. The van der Waals surface area contributed by atoms with E-state index < -0.39 is 446 Å². The third kappa shape index (κ3) is 12.7. The summed E-state index contributed by atoms with van der Waals surface area (Å²) in [6, 6.07) is 3.76. The SMILES string of the molecule is [2H]c1c([2H])c(-c2c3c([2H])c([2H])c([2H])c([2H])c3c(-c3c([2H])c([2H])c4c([2H])c([2H])c([2H])c([2H])c4c3[2H])c3c([2H])c([2H])c([2H])c([2H])c23)c([2H])c(-c2cccc3oc4ccccc4c23)c1[2H].[2H]c1c([2H])c(-c2ccc3oc4ccccc4c3c2)c([2H])c(-c2c3c([2H])c([2H])c([2H])c([2H])c3c(-c3c([2H])c([2H])c([2H])c4c([2H])c([2H])c([2H])c([2H])c34)c3c([2H])c([2H])c([2H])c([2H])c23)c1[2H].[2H]c1c([2H])c([2H])c2c(-c3c4c([2H])c([2H])c([2H])c([2H])c4c(-c4cccc(-c5ccc6oc7ccccc7c6c5)c4)c4c([2H])c([2H])c([2H])c([2H])c34)c([2H])c([2H])c([2H])c2c1[2H]. The quantitative estimate of drug-likeness (QED) is 0.135. The van der Waals surface area contributed by atoms with Crippen molar-refractivity contribution in [2.45, 2.75) is 0 Å². The summed E-state index contributed by atoms with van der Waals surface area (Å²) < 4.78 is 494. The maximum Gasteiger partial charge on any atom is 0.136 e. The van der Waals surface area contributed by atoms with Gasteiger partial charge in [0.05, 0.1) is 72.7 Å². The first kappa shape index (κ1) is 38.6. The molecule has 600 valence electrons. The molecule has 27 rings (SSSR count). The number of furan rings is 3. The van der Waals surface area contributed by atoms with Crippen LogP contribution in [-0.4, -0.2) is 0 Å². The van der Waals surface area contributed by atoms with Gasteiger partial charge < -0.3 is 13.3 Å². The van der Waals surface area contributed by atoms with Gasteiger partial charge in [-0.1, -0.05) is 399 Å². The standard InChI is InChI=1S/3C42H26O/c2*1-2-15-31-27(11-1)12-10-21-33(31)42-36-19-5-3-17-34(36)41(35-18-4-6-20-37(35)42)30-14-9-13-28(25-30)29-23-24-40-38(26-29)32-16-7-8-22-39(32)43-40;1-2-12-28-25-31(24-23-27(28)11-1)41-35-17-5-3-15-33(35)40(34-16-4-6-18-36(34)41)30-14-9-13-29(26-30)32-20-10-22-39-42(32)37-19-7-8-21-38(37)43-39/h3*1-26H/i1D,2D,3D,4D,5D,6D,9D,10D,11D,12D,13D,14D,15D,17D,18D,19D,20D,21D,25D;1D,2D,3D,4D,5D,6D,10D,11D,12D,15D,17D,18D,19D,20D,21D;1D,2D,3D,4D,5D,6D,9D,11D,12D,13D,14D,15D,16D,17D,18D,23D,24D,25D,26D. The Hall–Kier alpha value is -17.0. The average molecular weight is 1690 g/mol. The Kier molecular flexibility index (Phi) is 9.30. The van der Waals surface area contributed by atoms with Crippen molar-refractivity contribution in [1.82, 2.24) is 0 Å². The fourth-order valence-electron chi connectivity index (χ4n) is 17.2. The highest BCUT2D eigenvalue weighted by Crippen LogP contribution is 2.51. The molecule has 0 aliphatic rings. The van der Waals surface area contributed by atoms with Gasteiger partial charge >= 0.3 is 0 Å². The molecular formula is C126H78O3. The van der Waals surface area contributed by atoms with Crippen LogP contribution in [0.4, 0.5) is 0 Å². The molecule has 0 aliphatic carbocycles. The molecule has 3 heteroatoms. The molecule has 27 aromatic rings. The number of hydrogen-bond acceptors (Lipinski definition) is 3. The van der Waals surface area contributed by atoms with Gasteiger partial charge in [0, 0.05) is 32.3 Å². The van der Waals surface area contributed by atoms with Crippen LogP contribution in [0.2, 0.25) is 0 Å². The molecule has 0 saturated heterocycles. The van der Waals surface area contributed by atoms with Gasteiger partial charge in [0.1, 0.15) is 33.5 Å². The highest BCUT2D eigenvalue weighted by Gasteiger charge is 2.24. The Morgan fingerprint density at radius 3 is 0.953 bits per heavy atom. The van der Waals surface area contributed by atoms with Crippen LogP contribution in [0.25, 0.3) is 263 Å². The molecule has 0 atom stereocenters. The van der Waals surface area contributed by atoms with Crippen LogP contribution < -0.4 is 0 Å². The van der Waals surface area contributed by atoms with E-state index in [1.807, 2.05) is 48.5 Å². The summed E-state index contributed by atoms with van der Waals surface area (Å²) in [6.45, 7) is 0. The molecule has 0 bridgehead atoms. The first-order valence-electron chi connectivity index (χ1n) is 66.5. The predicted octanol–water partition coefficient (Wildman–Crippen LogP) is 36.1. The number of para-hydroxylation sites is 3. The van der Waals surface area contributed by atoms with E-state index in [1.165, 1.54) is 6.07 Å². The van der Waals surface area contributed by atoms with Gasteiger partial charge in [-0.25, -0.2) is 0 Å². The van der Waals surface area contributed by atoms with E-state index >= 15 is 0 Å². The van der Waals surface area contributed by atoms with Crippen molar-refractivity contribution in [2.75, 3.05) is 0 Å². The third-order valence-electron chi connectivity index (χ3n) is 22.7. The summed E-state index contributed by atoms with van der Waals surface area (Å²) in [5, 5.41) is -4.19. The lowest BCUT2D eigenvalue weighted by molar-refractivity contribution is 0.668. The zero-order valence-corrected chi connectivity index (χ0v) is 66.2. The van der Waals surface area contributed by atoms with E-state index in [-0.39, 0.29) is 54.9 Å². The van der Waals surface area contributed by atoms with Crippen LogP contribution in [0.1, 0.15) is 72.7 Å². The molecular weight excluding hydrogens is 1560 g/mol. The molecule has 129 heavy (non-hydrogen) atoms. The maximum atomic E-state index is 9.82. The van der Waals surface area contributed by atoms with E-state index in [2.05, 4.69) is 0 Å². The van der Waals surface area contributed by atoms with Gasteiger partial charge in [-0.2, -0.15) is 0 Å². The Morgan fingerprint density at radius 2 is 0.465 bits per heavy atom. The van der Waals surface area contributed by atoms with E-state index in [4.69, 9.17) is 58.5 Å². The highest BCUT2D eigenvalue weighted by molar-refractivity contribution is 6.27. The van der Waals surface area contributed by atoms with Crippen molar-refractivity contribution in [3.05, 3.63) is 472 Å². The molecule has 0 aliphatic heterocycles. The topological polar surface area (TPSA) is 39.4 Å². The summed E-state index contributed by atoms with van der Waals surface area (Å²) in [7, 11) is 0.